The molecule has 0 saturated carbocycles. The molecule has 19 heavy (non-hydrogen) atoms. The van der Waals surface area contributed by atoms with Gasteiger partial charge in [-0.25, -0.2) is 0 Å². The SMILES string of the molecule is COc1cc(CN)ccc1OCc1ccc(Cl)cc1. The Balaban J connectivity index is 2.08. The summed E-state index contributed by atoms with van der Waals surface area (Å²) in [6.07, 6.45) is 0. The molecule has 2 N–H and O–H groups in total. The Hall–Kier alpha value is -1.71. The fourth-order valence-electron chi connectivity index (χ4n) is 1.70. The maximum absolute atomic E-state index is 5.84. The number of rotatable bonds is 5. The van der Waals surface area contributed by atoms with E-state index in [1.807, 2.05) is 42.5 Å². The summed E-state index contributed by atoms with van der Waals surface area (Å²) in [4.78, 5) is 0. The molecular weight excluding hydrogens is 262 g/mol. The third-order valence-electron chi connectivity index (χ3n) is 2.77. The largest absolute Gasteiger partial charge is 0.493 e. The molecule has 0 saturated heterocycles. The first-order valence-corrected chi connectivity index (χ1v) is 6.35. The Morgan fingerprint density at radius 3 is 2.32 bits per heavy atom. The highest BCUT2D eigenvalue weighted by atomic mass is 35.5. The lowest BCUT2D eigenvalue weighted by Gasteiger charge is -2.12. The van der Waals surface area contributed by atoms with Crippen LogP contribution in [0.4, 0.5) is 0 Å². The van der Waals surface area contributed by atoms with Gasteiger partial charge in [-0.05, 0) is 35.4 Å². The molecule has 2 aromatic carbocycles. The summed E-state index contributed by atoms with van der Waals surface area (Å²) in [5, 5.41) is 0.716. The molecule has 0 bridgehead atoms. The van der Waals surface area contributed by atoms with Gasteiger partial charge in [-0.1, -0.05) is 29.8 Å². The molecule has 0 spiro atoms. The molecule has 0 unspecified atom stereocenters. The topological polar surface area (TPSA) is 44.5 Å². The molecule has 0 amide bonds. The zero-order valence-corrected chi connectivity index (χ0v) is 11.5. The van der Waals surface area contributed by atoms with Crippen LogP contribution in [0.15, 0.2) is 42.5 Å². The lowest BCUT2D eigenvalue weighted by Crippen LogP contribution is -2.00. The molecule has 4 heteroatoms. The van der Waals surface area contributed by atoms with Gasteiger partial charge in [0.2, 0.25) is 0 Å². The van der Waals surface area contributed by atoms with E-state index in [0.29, 0.717) is 29.7 Å². The molecule has 3 nitrogen and oxygen atoms in total. The van der Waals surface area contributed by atoms with Crippen LogP contribution in [0.25, 0.3) is 0 Å². The molecule has 0 aliphatic rings. The van der Waals surface area contributed by atoms with E-state index in [1.54, 1.807) is 7.11 Å². The first-order valence-electron chi connectivity index (χ1n) is 5.97. The fourth-order valence-corrected chi connectivity index (χ4v) is 1.83. The summed E-state index contributed by atoms with van der Waals surface area (Å²) in [5.74, 6) is 1.39. The van der Waals surface area contributed by atoms with Gasteiger partial charge < -0.3 is 15.2 Å². The van der Waals surface area contributed by atoms with Crippen molar-refractivity contribution < 1.29 is 9.47 Å². The highest BCUT2D eigenvalue weighted by Gasteiger charge is 2.05. The van der Waals surface area contributed by atoms with E-state index in [2.05, 4.69) is 0 Å². The standard InChI is InChI=1S/C15H16ClNO2/c1-18-15-8-12(9-17)4-7-14(15)19-10-11-2-5-13(16)6-3-11/h2-8H,9-10,17H2,1H3. The molecule has 0 heterocycles. The van der Waals surface area contributed by atoms with Crippen LogP contribution in [0, 0.1) is 0 Å². The summed E-state index contributed by atoms with van der Waals surface area (Å²) in [7, 11) is 1.62. The van der Waals surface area contributed by atoms with Gasteiger partial charge in [0, 0.05) is 11.6 Å². The normalized spacial score (nSPS) is 10.3. The van der Waals surface area contributed by atoms with Crippen molar-refractivity contribution in [2.24, 2.45) is 5.73 Å². The van der Waals surface area contributed by atoms with Crippen molar-refractivity contribution in [1.82, 2.24) is 0 Å². The monoisotopic (exact) mass is 277 g/mol. The maximum Gasteiger partial charge on any atom is 0.161 e. The van der Waals surface area contributed by atoms with Crippen LogP contribution in [0.5, 0.6) is 11.5 Å². The second-order valence-electron chi connectivity index (χ2n) is 4.10. The second-order valence-corrected chi connectivity index (χ2v) is 4.54. The van der Waals surface area contributed by atoms with Crippen molar-refractivity contribution in [1.29, 1.82) is 0 Å². The van der Waals surface area contributed by atoms with Crippen LogP contribution in [-0.4, -0.2) is 7.11 Å². The van der Waals surface area contributed by atoms with Crippen LogP contribution >= 0.6 is 11.6 Å². The molecule has 0 atom stereocenters. The van der Waals surface area contributed by atoms with Crippen molar-refractivity contribution >= 4 is 11.6 Å². The quantitative estimate of drug-likeness (QED) is 0.911. The van der Waals surface area contributed by atoms with Gasteiger partial charge in [-0.2, -0.15) is 0 Å². The summed E-state index contributed by atoms with van der Waals surface area (Å²) in [5.41, 5.74) is 7.65. The van der Waals surface area contributed by atoms with Crippen LogP contribution in [0.2, 0.25) is 5.02 Å². The number of hydrogen-bond acceptors (Lipinski definition) is 3. The van der Waals surface area contributed by atoms with E-state index in [0.717, 1.165) is 11.1 Å². The zero-order valence-electron chi connectivity index (χ0n) is 10.7. The van der Waals surface area contributed by atoms with Crippen molar-refractivity contribution in [3.05, 3.63) is 58.6 Å². The number of halogens is 1. The van der Waals surface area contributed by atoms with Crippen molar-refractivity contribution in [3.63, 3.8) is 0 Å². The number of benzene rings is 2. The zero-order chi connectivity index (χ0) is 13.7. The van der Waals surface area contributed by atoms with Gasteiger partial charge >= 0.3 is 0 Å². The minimum absolute atomic E-state index is 0.468. The third kappa shape index (κ3) is 3.63. The van der Waals surface area contributed by atoms with Crippen molar-refractivity contribution in [2.45, 2.75) is 13.2 Å². The van der Waals surface area contributed by atoms with Crippen molar-refractivity contribution in [2.75, 3.05) is 7.11 Å². The summed E-state index contributed by atoms with van der Waals surface area (Å²) in [6.45, 7) is 0.948. The van der Waals surface area contributed by atoms with Crippen LogP contribution in [0.3, 0.4) is 0 Å². The van der Waals surface area contributed by atoms with Crippen LogP contribution in [0.1, 0.15) is 11.1 Å². The first-order chi connectivity index (χ1) is 9.22. The maximum atomic E-state index is 5.84. The predicted octanol–water partition coefficient (Wildman–Crippen LogP) is 3.39. The Bertz CT molecular complexity index is 540. The molecule has 100 valence electrons. The Labute approximate surface area is 117 Å². The van der Waals surface area contributed by atoms with E-state index in [4.69, 9.17) is 26.8 Å². The molecule has 0 radical (unpaired) electrons. The Morgan fingerprint density at radius 1 is 1.00 bits per heavy atom. The van der Waals surface area contributed by atoms with E-state index in [-0.39, 0.29) is 0 Å². The Morgan fingerprint density at radius 2 is 1.68 bits per heavy atom. The molecule has 0 aliphatic carbocycles. The molecule has 0 aliphatic heterocycles. The van der Waals surface area contributed by atoms with E-state index in [1.165, 1.54) is 0 Å². The molecular formula is C15H16ClNO2. The molecule has 0 fully saturated rings. The van der Waals surface area contributed by atoms with Gasteiger partial charge in [-0.15, -0.1) is 0 Å². The fraction of sp³-hybridized carbons (Fsp3) is 0.200. The van der Waals surface area contributed by atoms with Gasteiger partial charge in [-0.3, -0.25) is 0 Å². The van der Waals surface area contributed by atoms with Gasteiger partial charge in [0.05, 0.1) is 7.11 Å². The van der Waals surface area contributed by atoms with E-state index >= 15 is 0 Å². The molecule has 2 aromatic rings. The predicted molar refractivity (Wildman–Crippen MR) is 76.7 cm³/mol. The highest BCUT2D eigenvalue weighted by molar-refractivity contribution is 6.30. The second kappa shape index (κ2) is 6.45. The van der Waals surface area contributed by atoms with E-state index in [9.17, 15) is 0 Å². The molecule has 0 aromatic heterocycles. The third-order valence-corrected chi connectivity index (χ3v) is 3.02. The smallest absolute Gasteiger partial charge is 0.161 e. The number of hydrogen-bond donors (Lipinski definition) is 1. The summed E-state index contributed by atoms with van der Waals surface area (Å²) >= 11 is 5.84. The number of nitrogens with two attached hydrogens (primary N) is 1. The lowest BCUT2D eigenvalue weighted by molar-refractivity contribution is 0.284. The number of methoxy groups -OCH3 is 1. The summed E-state index contributed by atoms with van der Waals surface area (Å²) in [6, 6.07) is 13.2. The van der Waals surface area contributed by atoms with Crippen LogP contribution in [-0.2, 0) is 13.2 Å². The van der Waals surface area contributed by atoms with Crippen LogP contribution < -0.4 is 15.2 Å². The van der Waals surface area contributed by atoms with Gasteiger partial charge in [0.25, 0.3) is 0 Å². The summed E-state index contributed by atoms with van der Waals surface area (Å²) < 4.78 is 11.0. The Kier molecular flexibility index (Phi) is 4.66. The van der Waals surface area contributed by atoms with Gasteiger partial charge in [0.15, 0.2) is 11.5 Å². The van der Waals surface area contributed by atoms with E-state index < -0.39 is 0 Å². The first kappa shape index (κ1) is 13.7. The van der Waals surface area contributed by atoms with Gasteiger partial charge in [0.1, 0.15) is 6.61 Å². The lowest BCUT2D eigenvalue weighted by atomic mass is 10.2. The van der Waals surface area contributed by atoms with Crippen molar-refractivity contribution in [3.8, 4) is 11.5 Å². The minimum Gasteiger partial charge on any atom is -0.493 e. The molecule has 2 rings (SSSR count). The average molecular weight is 278 g/mol. The highest BCUT2D eigenvalue weighted by Crippen LogP contribution is 2.28. The minimum atomic E-state index is 0.468. The number of ether oxygens (including phenoxy) is 2. The average Bonchev–Trinajstić information content (AvgIpc) is 2.46.